The lowest BCUT2D eigenvalue weighted by Gasteiger charge is -2.03. The molecule has 0 unspecified atom stereocenters. The average Bonchev–Trinajstić information content (AvgIpc) is 2.83. The average molecular weight is 252 g/mol. The Morgan fingerprint density at radius 2 is 2.11 bits per heavy atom. The van der Waals surface area contributed by atoms with Crippen LogP contribution in [0, 0.1) is 18.3 Å². The summed E-state index contributed by atoms with van der Waals surface area (Å²) in [6.07, 6.45) is 2.95. The molecule has 0 saturated heterocycles. The maximum atomic E-state index is 11.7. The minimum absolute atomic E-state index is 0.309. The number of para-hydroxylation sites is 1. The van der Waals surface area contributed by atoms with Gasteiger partial charge in [-0.05, 0) is 37.3 Å². The van der Waals surface area contributed by atoms with Crippen molar-refractivity contribution in [2.24, 2.45) is 0 Å². The summed E-state index contributed by atoms with van der Waals surface area (Å²) in [5.41, 5.74) is 0.924. The van der Waals surface area contributed by atoms with Crippen LogP contribution in [0.3, 0.4) is 0 Å². The van der Waals surface area contributed by atoms with Crippen LogP contribution >= 0.6 is 0 Å². The van der Waals surface area contributed by atoms with Crippen molar-refractivity contribution in [3.05, 3.63) is 59.6 Å². The van der Waals surface area contributed by atoms with Gasteiger partial charge in [-0.2, -0.15) is 5.26 Å². The van der Waals surface area contributed by atoms with Gasteiger partial charge in [-0.25, -0.2) is 0 Å². The molecule has 0 saturated carbocycles. The second-order valence-corrected chi connectivity index (χ2v) is 3.93. The summed E-state index contributed by atoms with van der Waals surface area (Å²) >= 11 is 0. The zero-order valence-corrected chi connectivity index (χ0v) is 10.4. The fourth-order valence-corrected chi connectivity index (χ4v) is 1.56. The van der Waals surface area contributed by atoms with Crippen molar-refractivity contribution < 1.29 is 9.21 Å². The first-order valence-corrected chi connectivity index (χ1v) is 5.73. The predicted molar refractivity (Wildman–Crippen MR) is 72.3 cm³/mol. The minimum Gasteiger partial charge on any atom is -0.462 e. The number of furan rings is 1. The van der Waals surface area contributed by atoms with Crippen LogP contribution in [-0.4, -0.2) is 5.91 Å². The molecule has 0 spiro atoms. The third kappa shape index (κ3) is 3.33. The maximum Gasteiger partial charge on any atom is 0.248 e. The van der Waals surface area contributed by atoms with E-state index in [1.807, 2.05) is 19.1 Å². The molecule has 4 nitrogen and oxygen atoms in total. The predicted octanol–water partition coefficient (Wildman–Crippen LogP) is 3.11. The van der Waals surface area contributed by atoms with E-state index >= 15 is 0 Å². The molecule has 1 amide bonds. The van der Waals surface area contributed by atoms with Crippen LogP contribution < -0.4 is 5.32 Å². The highest BCUT2D eigenvalue weighted by Crippen LogP contribution is 2.14. The Balaban J connectivity index is 2.06. The molecule has 0 bridgehead atoms. The van der Waals surface area contributed by atoms with E-state index in [-0.39, 0.29) is 5.91 Å². The van der Waals surface area contributed by atoms with E-state index in [0.717, 1.165) is 5.76 Å². The van der Waals surface area contributed by atoms with Gasteiger partial charge < -0.3 is 9.73 Å². The summed E-state index contributed by atoms with van der Waals surface area (Å²) in [4.78, 5) is 11.7. The largest absolute Gasteiger partial charge is 0.462 e. The Kier molecular flexibility index (Phi) is 3.79. The van der Waals surface area contributed by atoms with Crippen molar-refractivity contribution in [3.8, 4) is 6.07 Å². The smallest absolute Gasteiger partial charge is 0.248 e. The number of carbonyl (C=O) groups is 1. The highest BCUT2D eigenvalue weighted by molar-refractivity contribution is 6.02. The SMILES string of the molecule is Cc1ccc(C=CC(=O)Nc2ccccc2C#N)o1. The zero-order chi connectivity index (χ0) is 13.7. The second kappa shape index (κ2) is 5.69. The Labute approximate surface area is 111 Å². The van der Waals surface area contributed by atoms with Gasteiger partial charge in [-0.3, -0.25) is 4.79 Å². The summed E-state index contributed by atoms with van der Waals surface area (Å²) in [5.74, 6) is 1.09. The van der Waals surface area contributed by atoms with E-state index in [1.165, 1.54) is 6.08 Å². The van der Waals surface area contributed by atoms with E-state index in [1.54, 1.807) is 36.4 Å². The second-order valence-electron chi connectivity index (χ2n) is 3.93. The molecule has 0 aliphatic carbocycles. The number of amides is 1. The highest BCUT2D eigenvalue weighted by Gasteiger charge is 2.03. The molecule has 19 heavy (non-hydrogen) atoms. The number of anilines is 1. The van der Waals surface area contributed by atoms with Gasteiger partial charge in [0.05, 0.1) is 11.3 Å². The first-order chi connectivity index (χ1) is 9.19. The van der Waals surface area contributed by atoms with Crippen LogP contribution in [0.1, 0.15) is 17.1 Å². The van der Waals surface area contributed by atoms with Crippen molar-refractivity contribution in [2.75, 3.05) is 5.32 Å². The van der Waals surface area contributed by atoms with Gasteiger partial charge >= 0.3 is 0 Å². The Morgan fingerprint density at radius 3 is 2.79 bits per heavy atom. The molecule has 1 aromatic carbocycles. The Hall–Kier alpha value is -2.80. The molecule has 4 heteroatoms. The summed E-state index contributed by atoms with van der Waals surface area (Å²) in [6.45, 7) is 1.83. The number of nitrogens with one attached hydrogen (secondary N) is 1. The van der Waals surface area contributed by atoms with Crippen molar-refractivity contribution in [3.63, 3.8) is 0 Å². The van der Waals surface area contributed by atoms with Crippen LogP contribution in [0.25, 0.3) is 6.08 Å². The van der Waals surface area contributed by atoms with Gasteiger partial charge in [-0.1, -0.05) is 12.1 Å². The van der Waals surface area contributed by atoms with E-state index in [2.05, 4.69) is 5.32 Å². The number of hydrogen-bond acceptors (Lipinski definition) is 3. The number of nitriles is 1. The van der Waals surface area contributed by atoms with Crippen molar-refractivity contribution in [1.29, 1.82) is 5.26 Å². The van der Waals surface area contributed by atoms with E-state index in [4.69, 9.17) is 9.68 Å². The van der Waals surface area contributed by atoms with Crippen molar-refractivity contribution in [2.45, 2.75) is 6.92 Å². The number of rotatable bonds is 3. The molecule has 94 valence electrons. The monoisotopic (exact) mass is 252 g/mol. The maximum absolute atomic E-state index is 11.7. The molecule has 0 aliphatic heterocycles. The molecule has 1 N–H and O–H groups in total. The van der Waals surface area contributed by atoms with Crippen molar-refractivity contribution in [1.82, 2.24) is 0 Å². The number of hydrogen-bond donors (Lipinski definition) is 1. The van der Waals surface area contributed by atoms with Crippen LogP contribution in [0.2, 0.25) is 0 Å². The highest BCUT2D eigenvalue weighted by atomic mass is 16.3. The molecular formula is C15H12N2O2. The van der Waals surface area contributed by atoms with Crippen LogP contribution in [0.4, 0.5) is 5.69 Å². The number of nitrogens with zero attached hydrogens (tertiary/aromatic N) is 1. The van der Waals surface area contributed by atoms with E-state index < -0.39 is 0 Å². The summed E-state index contributed by atoms with van der Waals surface area (Å²) in [7, 11) is 0. The Morgan fingerprint density at radius 1 is 1.32 bits per heavy atom. The molecule has 1 heterocycles. The summed E-state index contributed by atoms with van der Waals surface area (Å²) < 4.78 is 5.31. The number of carbonyl (C=O) groups excluding carboxylic acids is 1. The van der Waals surface area contributed by atoms with Crippen LogP contribution in [0.15, 0.2) is 46.9 Å². The van der Waals surface area contributed by atoms with Crippen molar-refractivity contribution >= 4 is 17.7 Å². The molecule has 0 aliphatic rings. The van der Waals surface area contributed by atoms with Gasteiger partial charge in [0.2, 0.25) is 5.91 Å². The summed E-state index contributed by atoms with van der Waals surface area (Å²) in [6, 6.07) is 12.5. The van der Waals surface area contributed by atoms with Gasteiger partial charge in [0, 0.05) is 6.08 Å². The van der Waals surface area contributed by atoms with E-state index in [0.29, 0.717) is 17.0 Å². The standard InChI is InChI=1S/C15H12N2O2/c1-11-6-7-13(19-11)8-9-15(18)17-14-5-3-2-4-12(14)10-16/h2-9H,1H3,(H,17,18). The molecule has 2 rings (SSSR count). The van der Waals surface area contributed by atoms with Gasteiger partial charge in [0.1, 0.15) is 17.6 Å². The third-order valence-corrected chi connectivity index (χ3v) is 2.47. The van der Waals surface area contributed by atoms with E-state index in [9.17, 15) is 4.79 Å². The van der Waals surface area contributed by atoms with Gasteiger partial charge in [0.15, 0.2) is 0 Å². The third-order valence-electron chi connectivity index (χ3n) is 2.47. The molecule has 0 fully saturated rings. The Bertz CT molecular complexity index is 663. The van der Waals surface area contributed by atoms with Crippen LogP contribution in [-0.2, 0) is 4.79 Å². The zero-order valence-electron chi connectivity index (χ0n) is 10.4. The first-order valence-electron chi connectivity index (χ1n) is 5.73. The molecular weight excluding hydrogens is 240 g/mol. The molecule has 0 atom stereocenters. The van der Waals surface area contributed by atoms with Crippen LogP contribution in [0.5, 0.6) is 0 Å². The molecule has 2 aromatic rings. The van der Waals surface area contributed by atoms with Gasteiger partial charge in [0.25, 0.3) is 0 Å². The fraction of sp³-hybridized carbons (Fsp3) is 0.0667. The topological polar surface area (TPSA) is 66.0 Å². The number of benzene rings is 1. The lowest BCUT2D eigenvalue weighted by atomic mass is 10.2. The molecule has 0 radical (unpaired) electrons. The summed E-state index contributed by atoms with van der Waals surface area (Å²) in [5, 5.41) is 11.6. The fourth-order valence-electron chi connectivity index (χ4n) is 1.56. The lowest BCUT2D eigenvalue weighted by molar-refractivity contribution is -0.111. The molecule has 1 aromatic heterocycles. The normalized spacial score (nSPS) is 10.3. The van der Waals surface area contributed by atoms with Gasteiger partial charge in [-0.15, -0.1) is 0 Å². The lowest BCUT2D eigenvalue weighted by Crippen LogP contribution is -2.08. The first kappa shape index (κ1) is 12.7. The number of aryl methyl sites for hydroxylation is 1. The quantitative estimate of drug-likeness (QED) is 0.853. The minimum atomic E-state index is -0.309.